The van der Waals surface area contributed by atoms with Crippen LogP contribution in [0.25, 0.3) is 0 Å². The summed E-state index contributed by atoms with van der Waals surface area (Å²) >= 11 is 3.18. The van der Waals surface area contributed by atoms with Gasteiger partial charge in [-0.25, -0.2) is 4.39 Å². The molecular weight excluding hydrogens is 498 g/mol. The lowest BCUT2D eigenvalue weighted by Crippen LogP contribution is -2.62. The summed E-state index contributed by atoms with van der Waals surface area (Å²) < 4.78 is 65.7. The molecule has 1 aliphatic heterocycles. The molecule has 1 fully saturated rings. The van der Waals surface area contributed by atoms with Crippen LogP contribution in [-0.2, 0) is 26.4 Å². The van der Waals surface area contributed by atoms with E-state index < -0.39 is 48.7 Å². The normalized spacial score (nSPS) is 23.7. The van der Waals surface area contributed by atoms with Gasteiger partial charge in [-0.15, -0.1) is 0 Å². The summed E-state index contributed by atoms with van der Waals surface area (Å²) in [6.07, 6.45) is -5.69. The largest absolute Gasteiger partial charge is 0.471 e. The van der Waals surface area contributed by atoms with E-state index in [-0.39, 0.29) is 18.6 Å². The lowest BCUT2D eigenvalue weighted by atomic mass is 9.74. The van der Waals surface area contributed by atoms with Crippen molar-refractivity contribution in [1.82, 2.24) is 5.32 Å². The minimum atomic E-state index is -5.19. The standard InChI is InChI=1S/C22H22BrF4NO4/c23-16-6-7-19(24)18(9-16)21(28-20(30)22(25,26)27)13-32-17(8-15(21)10-29)12-31-11-14-4-2-1-3-5-14/h1-7,9,15,17,29H,8,10-13H2,(H,28,30)/t15-,17+,21-/m0/s1. The maximum atomic E-state index is 14.7. The molecule has 0 bridgehead atoms. The van der Waals surface area contributed by atoms with E-state index in [4.69, 9.17) is 9.47 Å². The van der Waals surface area contributed by atoms with Crippen molar-refractivity contribution in [3.05, 3.63) is 69.9 Å². The van der Waals surface area contributed by atoms with Crippen LogP contribution in [0.5, 0.6) is 0 Å². The number of carbonyl (C=O) groups is 1. The third-order valence-electron chi connectivity index (χ3n) is 5.43. The Balaban J connectivity index is 1.82. The fourth-order valence-corrected chi connectivity index (χ4v) is 4.16. The van der Waals surface area contributed by atoms with Gasteiger partial charge in [0.1, 0.15) is 5.82 Å². The lowest BCUT2D eigenvalue weighted by Gasteiger charge is -2.46. The number of amides is 1. The second kappa shape index (κ2) is 10.3. The summed E-state index contributed by atoms with van der Waals surface area (Å²) in [7, 11) is 0. The first-order valence-electron chi connectivity index (χ1n) is 9.84. The number of nitrogens with one attached hydrogen (secondary N) is 1. The average molecular weight is 520 g/mol. The Morgan fingerprint density at radius 2 is 1.97 bits per heavy atom. The highest BCUT2D eigenvalue weighted by Crippen LogP contribution is 2.40. The van der Waals surface area contributed by atoms with Crippen LogP contribution in [0.3, 0.4) is 0 Å². The van der Waals surface area contributed by atoms with Gasteiger partial charge in [0.2, 0.25) is 0 Å². The van der Waals surface area contributed by atoms with Gasteiger partial charge in [-0.3, -0.25) is 4.79 Å². The molecule has 0 aromatic heterocycles. The molecule has 3 rings (SSSR count). The highest BCUT2D eigenvalue weighted by atomic mass is 79.9. The van der Waals surface area contributed by atoms with E-state index in [0.29, 0.717) is 11.1 Å². The van der Waals surface area contributed by atoms with E-state index in [0.717, 1.165) is 11.6 Å². The number of aliphatic hydroxyl groups excluding tert-OH is 1. The molecule has 10 heteroatoms. The minimum absolute atomic E-state index is 0.0510. The molecule has 1 heterocycles. The van der Waals surface area contributed by atoms with Gasteiger partial charge in [0, 0.05) is 22.6 Å². The van der Waals surface area contributed by atoms with Gasteiger partial charge < -0.3 is 19.9 Å². The van der Waals surface area contributed by atoms with Crippen molar-refractivity contribution < 1.29 is 36.9 Å². The molecule has 0 saturated carbocycles. The Bertz CT molecular complexity index is 928. The third kappa shape index (κ3) is 5.67. The number of halogens is 5. The van der Waals surface area contributed by atoms with Crippen LogP contribution in [0.1, 0.15) is 17.5 Å². The Morgan fingerprint density at radius 3 is 2.62 bits per heavy atom. The monoisotopic (exact) mass is 519 g/mol. The van der Waals surface area contributed by atoms with Crippen molar-refractivity contribution in [3.63, 3.8) is 0 Å². The number of alkyl halides is 3. The first-order valence-corrected chi connectivity index (χ1v) is 10.6. The average Bonchev–Trinajstić information content (AvgIpc) is 2.76. The van der Waals surface area contributed by atoms with Gasteiger partial charge in [0.25, 0.3) is 0 Å². The number of rotatable bonds is 7. The fourth-order valence-electron chi connectivity index (χ4n) is 3.80. The molecule has 1 amide bonds. The number of hydrogen-bond donors (Lipinski definition) is 2. The number of aliphatic hydroxyl groups is 1. The van der Waals surface area contributed by atoms with Gasteiger partial charge in [-0.1, -0.05) is 46.3 Å². The van der Waals surface area contributed by atoms with E-state index in [9.17, 15) is 27.5 Å². The molecule has 0 radical (unpaired) electrons. The number of hydrogen-bond acceptors (Lipinski definition) is 4. The van der Waals surface area contributed by atoms with Crippen molar-refractivity contribution in [1.29, 1.82) is 0 Å². The summed E-state index contributed by atoms with van der Waals surface area (Å²) in [6, 6.07) is 13.1. The van der Waals surface area contributed by atoms with Crippen LogP contribution in [0, 0.1) is 11.7 Å². The summed E-state index contributed by atoms with van der Waals surface area (Å²) in [5.41, 5.74) is -1.18. The highest BCUT2D eigenvalue weighted by molar-refractivity contribution is 9.10. The van der Waals surface area contributed by atoms with Gasteiger partial charge in [-0.2, -0.15) is 13.2 Å². The van der Waals surface area contributed by atoms with Crippen LogP contribution >= 0.6 is 15.9 Å². The van der Waals surface area contributed by atoms with Crippen LogP contribution in [0.15, 0.2) is 53.0 Å². The van der Waals surface area contributed by atoms with E-state index in [1.807, 2.05) is 35.6 Å². The van der Waals surface area contributed by atoms with Crippen LogP contribution in [-0.4, -0.2) is 43.1 Å². The Kier molecular flexibility index (Phi) is 7.92. The van der Waals surface area contributed by atoms with Gasteiger partial charge in [0.05, 0.1) is 31.5 Å². The summed E-state index contributed by atoms with van der Waals surface area (Å²) in [4.78, 5) is 11.8. The predicted octanol–water partition coefficient (Wildman–Crippen LogP) is 4.08. The molecule has 2 N–H and O–H groups in total. The molecule has 174 valence electrons. The molecule has 5 nitrogen and oxygen atoms in total. The van der Waals surface area contributed by atoms with Gasteiger partial charge in [-0.05, 0) is 30.2 Å². The van der Waals surface area contributed by atoms with Gasteiger partial charge >= 0.3 is 12.1 Å². The minimum Gasteiger partial charge on any atom is -0.396 e. The maximum absolute atomic E-state index is 14.7. The lowest BCUT2D eigenvalue weighted by molar-refractivity contribution is -0.182. The van der Waals surface area contributed by atoms with E-state index >= 15 is 0 Å². The van der Waals surface area contributed by atoms with E-state index in [1.165, 1.54) is 12.1 Å². The summed E-state index contributed by atoms with van der Waals surface area (Å²) in [6.45, 7) is -0.633. The van der Waals surface area contributed by atoms with E-state index in [2.05, 4.69) is 15.9 Å². The first kappa shape index (κ1) is 24.6. The molecule has 1 aliphatic rings. The highest BCUT2D eigenvalue weighted by Gasteiger charge is 2.52. The second-order valence-corrected chi connectivity index (χ2v) is 8.51. The molecular formula is C22H22BrF4NO4. The first-order chi connectivity index (χ1) is 15.2. The van der Waals surface area contributed by atoms with Crippen molar-refractivity contribution in [3.8, 4) is 0 Å². The smallest absolute Gasteiger partial charge is 0.396 e. The number of benzene rings is 2. The zero-order chi connectivity index (χ0) is 23.4. The van der Waals surface area contributed by atoms with Crippen LogP contribution in [0.4, 0.5) is 17.6 Å². The zero-order valence-electron chi connectivity index (χ0n) is 16.9. The van der Waals surface area contributed by atoms with Crippen molar-refractivity contribution in [2.24, 2.45) is 5.92 Å². The third-order valence-corrected chi connectivity index (χ3v) is 5.92. The van der Waals surface area contributed by atoms with Crippen molar-refractivity contribution >= 4 is 21.8 Å². The number of ether oxygens (including phenoxy) is 2. The number of carbonyl (C=O) groups excluding carboxylic acids is 1. The summed E-state index contributed by atoms with van der Waals surface area (Å²) in [5.74, 6) is -4.01. The molecule has 32 heavy (non-hydrogen) atoms. The fraction of sp³-hybridized carbons (Fsp3) is 0.409. The summed E-state index contributed by atoms with van der Waals surface area (Å²) in [5, 5.41) is 11.9. The SMILES string of the molecule is O=C(N[C@@]1(c2cc(Br)ccc2F)CO[C@@H](COCc2ccccc2)C[C@H]1CO)C(F)(F)F. The quantitative estimate of drug-likeness (QED) is 0.541. The molecule has 2 aromatic carbocycles. The Hall–Kier alpha value is -2.01. The Morgan fingerprint density at radius 1 is 1.25 bits per heavy atom. The molecule has 2 aromatic rings. The molecule has 0 unspecified atom stereocenters. The second-order valence-electron chi connectivity index (χ2n) is 7.60. The zero-order valence-corrected chi connectivity index (χ0v) is 18.5. The molecule has 0 spiro atoms. The van der Waals surface area contributed by atoms with Crippen LogP contribution in [0.2, 0.25) is 0 Å². The van der Waals surface area contributed by atoms with E-state index in [1.54, 1.807) is 0 Å². The maximum Gasteiger partial charge on any atom is 0.471 e. The molecule has 3 atom stereocenters. The van der Waals surface area contributed by atoms with Gasteiger partial charge in [0.15, 0.2) is 0 Å². The van der Waals surface area contributed by atoms with Crippen molar-refractivity contribution in [2.45, 2.75) is 30.8 Å². The molecule has 0 aliphatic carbocycles. The Labute approximate surface area is 190 Å². The van der Waals surface area contributed by atoms with Crippen LogP contribution < -0.4 is 5.32 Å². The predicted molar refractivity (Wildman–Crippen MR) is 111 cm³/mol. The topological polar surface area (TPSA) is 67.8 Å². The van der Waals surface area contributed by atoms with Crippen molar-refractivity contribution in [2.75, 3.05) is 19.8 Å². The molecule has 1 saturated heterocycles.